The highest BCUT2D eigenvalue weighted by molar-refractivity contribution is 5.86. The Bertz CT molecular complexity index is 848. The second-order valence-corrected chi connectivity index (χ2v) is 4.62. The fraction of sp³-hybridized carbons (Fsp3) is 0.154. The molecule has 11 nitrogen and oxygen atoms in total. The molecule has 3 rings (SSSR count). The van der Waals surface area contributed by atoms with Crippen molar-refractivity contribution >= 4 is 34.5 Å². The van der Waals surface area contributed by atoms with Crippen LogP contribution in [0.5, 0.6) is 5.75 Å². The molecule has 0 fully saturated rings. The van der Waals surface area contributed by atoms with Gasteiger partial charge in [-0.05, 0) is 34.6 Å². The zero-order valence-corrected chi connectivity index (χ0v) is 12.6. The summed E-state index contributed by atoms with van der Waals surface area (Å²) in [6, 6.07) is 7.18. The minimum absolute atomic E-state index is 0.0219. The van der Waals surface area contributed by atoms with Crippen LogP contribution in [0.4, 0.5) is 17.5 Å². The first-order valence-corrected chi connectivity index (χ1v) is 6.84. The van der Waals surface area contributed by atoms with Crippen molar-refractivity contribution in [3.05, 3.63) is 24.3 Å². The van der Waals surface area contributed by atoms with Crippen LogP contribution in [0, 0.1) is 0 Å². The van der Waals surface area contributed by atoms with E-state index in [1.54, 1.807) is 31.4 Å². The van der Waals surface area contributed by atoms with E-state index in [4.69, 9.17) is 10.5 Å². The van der Waals surface area contributed by atoms with Gasteiger partial charge in [-0.15, -0.1) is 0 Å². The number of hydrogen-bond acceptors (Lipinski definition) is 10. The molecule has 1 aromatic carbocycles. The average Bonchev–Trinajstić information content (AvgIpc) is 3.06. The maximum absolute atomic E-state index is 11.9. The highest BCUT2D eigenvalue weighted by atomic mass is 16.6. The Hall–Kier alpha value is -3.63. The van der Waals surface area contributed by atoms with Gasteiger partial charge in [0.1, 0.15) is 5.75 Å². The Kier molecular flexibility index (Phi) is 4.23. The van der Waals surface area contributed by atoms with Crippen molar-refractivity contribution in [3.63, 3.8) is 0 Å². The summed E-state index contributed by atoms with van der Waals surface area (Å²) in [7, 11) is 1.59. The third-order valence-corrected chi connectivity index (χ3v) is 3.01. The number of ether oxygens (including phenoxy) is 1. The van der Waals surface area contributed by atoms with Crippen molar-refractivity contribution in [2.45, 2.75) is 0 Å². The molecule has 124 valence electrons. The van der Waals surface area contributed by atoms with Gasteiger partial charge in [0.25, 0.3) is 5.91 Å². The molecule has 0 bridgehead atoms. The molecule has 0 aliphatic heterocycles. The first kappa shape index (κ1) is 15.3. The molecule has 0 radical (unpaired) electrons. The highest BCUT2D eigenvalue weighted by Gasteiger charge is 2.12. The number of hydrazine groups is 1. The van der Waals surface area contributed by atoms with Crippen LogP contribution in [0.1, 0.15) is 0 Å². The van der Waals surface area contributed by atoms with Gasteiger partial charge in [-0.3, -0.25) is 15.6 Å². The lowest BCUT2D eigenvalue weighted by molar-refractivity contribution is -0.118. The molecule has 0 saturated carbocycles. The number of rotatable bonds is 6. The SMILES string of the molecule is COc1ccc(NCC(=O)NNc2nc(N)nc3nonc23)cc1. The van der Waals surface area contributed by atoms with Crippen molar-refractivity contribution in [1.29, 1.82) is 0 Å². The van der Waals surface area contributed by atoms with Crippen molar-refractivity contribution in [1.82, 2.24) is 25.7 Å². The predicted octanol–water partition coefficient (Wildman–Crippen LogP) is 0.159. The van der Waals surface area contributed by atoms with E-state index in [9.17, 15) is 4.79 Å². The summed E-state index contributed by atoms with van der Waals surface area (Å²) in [6.45, 7) is 0.0418. The summed E-state index contributed by atoms with van der Waals surface area (Å²) in [5, 5.41) is 10.2. The highest BCUT2D eigenvalue weighted by Crippen LogP contribution is 2.16. The molecule has 0 unspecified atom stereocenters. The van der Waals surface area contributed by atoms with E-state index < -0.39 is 0 Å². The standard InChI is InChI=1S/C13H14N8O3/c1-23-8-4-2-7(3-5-8)15-6-9(22)18-19-11-10-12(21-24-20-10)17-13(14)16-11/h2-5,15H,6H2,1H3,(H,18,22)(H3,14,16,17,19,21). The van der Waals surface area contributed by atoms with Crippen LogP contribution < -0.4 is 26.6 Å². The summed E-state index contributed by atoms with van der Waals surface area (Å²) >= 11 is 0. The molecule has 11 heteroatoms. The smallest absolute Gasteiger partial charge is 0.257 e. The second kappa shape index (κ2) is 6.64. The molecule has 1 amide bonds. The zero-order valence-electron chi connectivity index (χ0n) is 12.6. The quantitative estimate of drug-likeness (QED) is 0.459. The van der Waals surface area contributed by atoms with Gasteiger partial charge in [0, 0.05) is 5.69 Å². The molecular weight excluding hydrogens is 316 g/mol. The van der Waals surface area contributed by atoms with Gasteiger partial charge in [0.05, 0.1) is 13.7 Å². The van der Waals surface area contributed by atoms with Gasteiger partial charge in [0.15, 0.2) is 11.3 Å². The fourth-order valence-electron chi connectivity index (χ4n) is 1.86. The Morgan fingerprint density at radius 2 is 2.04 bits per heavy atom. The maximum Gasteiger partial charge on any atom is 0.257 e. The van der Waals surface area contributed by atoms with Gasteiger partial charge in [0.2, 0.25) is 11.6 Å². The number of hydrogen-bond donors (Lipinski definition) is 4. The summed E-state index contributed by atoms with van der Waals surface area (Å²) in [6.07, 6.45) is 0. The van der Waals surface area contributed by atoms with E-state index in [2.05, 4.69) is 41.1 Å². The molecule has 5 N–H and O–H groups in total. The molecule has 0 aliphatic rings. The van der Waals surface area contributed by atoms with Gasteiger partial charge in [-0.2, -0.15) is 9.97 Å². The third kappa shape index (κ3) is 3.40. The number of nitrogens with two attached hydrogens (primary N) is 1. The number of nitrogens with one attached hydrogen (secondary N) is 3. The van der Waals surface area contributed by atoms with Crippen molar-refractivity contribution in [2.75, 3.05) is 30.1 Å². The number of aromatic nitrogens is 4. The van der Waals surface area contributed by atoms with Crippen molar-refractivity contribution in [2.24, 2.45) is 0 Å². The number of benzene rings is 1. The molecule has 2 heterocycles. The van der Waals surface area contributed by atoms with Crippen LogP contribution in [0.2, 0.25) is 0 Å². The predicted molar refractivity (Wildman–Crippen MR) is 85.1 cm³/mol. The number of methoxy groups -OCH3 is 1. The number of carbonyl (C=O) groups is 1. The number of fused-ring (bicyclic) bond motifs is 1. The molecule has 0 saturated heterocycles. The number of nitrogen functional groups attached to an aromatic ring is 1. The van der Waals surface area contributed by atoms with Crippen molar-refractivity contribution < 1.29 is 14.2 Å². The Morgan fingerprint density at radius 3 is 2.79 bits per heavy atom. The van der Waals surface area contributed by atoms with E-state index >= 15 is 0 Å². The van der Waals surface area contributed by atoms with Gasteiger partial charge >= 0.3 is 0 Å². The minimum Gasteiger partial charge on any atom is -0.497 e. The number of amides is 1. The lowest BCUT2D eigenvalue weighted by atomic mass is 10.3. The van der Waals surface area contributed by atoms with E-state index in [0.717, 1.165) is 11.4 Å². The van der Waals surface area contributed by atoms with E-state index in [1.807, 2.05) is 0 Å². The fourth-order valence-corrected chi connectivity index (χ4v) is 1.86. The Balaban J connectivity index is 1.55. The lowest BCUT2D eigenvalue weighted by Crippen LogP contribution is -2.34. The number of nitrogens with zero attached hydrogens (tertiary/aromatic N) is 4. The molecular formula is C13H14N8O3. The van der Waals surface area contributed by atoms with Crippen LogP contribution in [-0.2, 0) is 4.79 Å². The van der Waals surface area contributed by atoms with Crippen LogP contribution in [0.3, 0.4) is 0 Å². The Labute approximate surface area is 135 Å². The molecule has 0 atom stereocenters. The first-order valence-electron chi connectivity index (χ1n) is 6.84. The normalized spacial score (nSPS) is 10.4. The molecule has 24 heavy (non-hydrogen) atoms. The van der Waals surface area contributed by atoms with Crippen molar-refractivity contribution in [3.8, 4) is 5.75 Å². The monoisotopic (exact) mass is 330 g/mol. The average molecular weight is 330 g/mol. The minimum atomic E-state index is -0.326. The summed E-state index contributed by atoms with van der Waals surface area (Å²) in [4.78, 5) is 19.6. The van der Waals surface area contributed by atoms with Gasteiger partial charge in [-0.25, -0.2) is 4.63 Å². The largest absolute Gasteiger partial charge is 0.497 e. The summed E-state index contributed by atoms with van der Waals surface area (Å²) in [5.41, 5.74) is 11.9. The number of anilines is 3. The second-order valence-electron chi connectivity index (χ2n) is 4.62. The van der Waals surface area contributed by atoms with E-state index in [-0.39, 0.29) is 35.4 Å². The van der Waals surface area contributed by atoms with E-state index in [1.165, 1.54) is 0 Å². The maximum atomic E-state index is 11.9. The third-order valence-electron chi connectivity index (χ3n) is 3.01. The molecule has 3 aromatic rings. The molecule has 0 spiro atoms. The van der Waals surface area contributed by atoms with E-state index in [0.29, 0.717) is 0 Å². The summed E-state index contributed by atoms with van der Waals surface area (Å²) in [5.74, 6) is 0.578. The van der Waals surface area contributed by atoms with Crippen LogP contribution in [0.25, 0.3) is 11.2 Å². The molecule has 2 aromatic heterocycles. The summed E-state index contributed by atoms with van der Waals surface area (Å²) < 4.78 is 9.62. The van der Waals surface area contributed by atoms with Crippen LogP contribution in [-0.4, -0.2) is 39.8 Å². The number of carbonyl (C=O) groups excluding carboxylic acids is 1. The Morgan fingerprint density at radius 1 is 1.25 bits per heavy atom. The lowest BCUT2D eigenvalue weighted by Gasteiger charge is -2.10. The topological polar surface area (TPSA) is 153 Å². The van der Waals surface area contributed by atoms with Gasteiger partial charge in [-0.1, -0.05) is 0 Å². The first-order chi connectivity index (χ1) is 11.7. The van der Waals surface area contributed by atoms with Crippen LogP contribution in [0.15, 0.2) is 28.9 Å². The van der Waals surface area contributed by atoms with Crippen LogP contribution >= 0.6 is 0 Å². The zero-order chi connectivity index (χ0) is 16.9. The molecule has 0 aliphatic carbocycles. The van der Waals surface area contributed by atoms with Gasteiger partial charge < -0.3 is 15.8 Å².